The Kier molecular flexibility index (Phi) is 4.65. The summed E-state index contributed by atoms with van der Waals surface area (Å²) in [6, 6.07) is 6.14. The van der Waals surface area contributed by atoms with Crippen LogP contribution < -0.4 is 5.32 Å². The number of imidazole rings is 1. The van der Waals surface area contributed by atoms with Crippen molar-refractivity contribution in [2.75, 3.05) is 0 Å². The van der Waals surface area contributed by atoms with Gasteiger partial charge in [0.1, 0.15) is 11.6 Å². The molecule has 3 rings (SSSR count). The highest BCUT2D eigenvalue weighted by atomic mass is 19.1. The number of rotatable bonds is 5. The van der Waals surface area contributed by atoms with E-state index in [9.17, 15) is 9.18 Å². The molecule has 6 nitrogen and oxygen atoms in total. The van der Waals surface area contributed by atoms with Gasteiger partial charge in [0.05, 0.1) is 29.7 Å². The Morgan fingerprint density at radius 3 is 2.68 bits per heavy atom. The Morgan fingerprint density at radius 2 is 2.00 bits per heavy atom. The minimum absolute atomic E-state index is 0.152. The van der Waals surface area contributed by atoms with Crippen LogP contribution >= 0.6 is 0 Å². The van der Waals surface area contributed by atoms with Gasteiger partial charge in [-0.1, -0.05) is 13.8 Å². The van der Waals surface area contributed by atoms with Gasteiger partial charge in [0.2, 0.25) is 0 Å². The molecule has 0 radical (unpaired) electrons. The van der Waals surface area contributed by atoms with Gasteiger partial charge >= 0.3 is 0 Å². The summed E-state index contributed by atoms with van der Waals surface area (Å²) in [5, 5.41) is 9.92. The fraction of sp³-hybridized carbons (Fsp3) is 0.278. The second kappa shape index (κ2) is 6.88. The number of benzene rings is 1. The largest absolute Gasteiger partial charge is 0.345 e. The summed E-state index contributed by atoms with van der Waals surface area (Å²) in [4.78, 5) is 19.9. The van der Waals surface area contributed by atoms with Gasteiger partial charge in [0.25, 0.3) is 5.91 Å². The average Bonchev–Trinajstić information content (AvgIpc) is 3.20. The van der Waals surface area contributed by atoms with E-state index in [0.717, 1.165) is 22.6 Å². The predicted molar refractivity (Wildman–Crippen MR) is 92.6 cm³/mol. The number of carbonyl (C=O) groups excluding carboxylic acids is 1. The molecule has 1 aromatic carbocycles. The lowest BCUT2D eigenvalue weighted by atomic mass is 10.0. The molecule has 0 unspecified atom stereocenters. The number of H-pyrrole nitrogens is 2. The molecule has 0 aliphatic heterocycles. The van der Waals surface area contributed by atoms with Crippen molar-refractivity contribution in [3.63, 3.8) is 0 Å². The first-order valence-electron chi connectivity index (χ1n) is 8.08. The quantitative estimate of drug-likeness (QED) is 0.665. The summed E-state index contributed by atoms with van der Waals surface area (Å²) in [5.74, 6) is 0.307. The van der Waals surface area contributed by atoms with Gasteiger partial charge in [-0.15, -0.1) is 0 Å². The van der Waals surface area contributed by atoms with E-state index in [4.69, 9.17) is 0 Å². The Labute approximate surface area is 144 Å². The number of aromatic nitrogens is 4. The number of aryl methyl sites for hydroxylation is 1. The molecule has 3 N–H and O–H groups in total. The van der Waals surface area contributed by atoms with Crippen molar-refractivity contribution in [1.82, 2.24) is 25.5 Å². The predicted octanol–water partition coefficient (Wildman–Crippen LogP) is 3.30. The van der Waals surface area contributed by atoms with Crippen LogP contribution in [0.25, 0.3) is 11.3 Å². The van der Waals surface area contributed by atoms with E-state index in [0.29, 0.717) is 11.4 Å². The molecule has 0 atom stereocenters. The van der Waals surface area contributed by atoms with Crippen LogP contribution in [0.5, 0.6) is 0 Å². The molecule has 130 valence electrons. The normalized spacial score (nSPS) is 11.1. The lowest BCUT2D eigenvalue weighted by Gasteiger charge is -2.07. The van der Waals surface area contributed by atoms with Crippen LogP contribution in [-0.4, -0.2) is 26.1 Å². The van der Waals surface area contributed by atoms with Crippen molar-refractivity contribution in [3.05, 3.63) is 59.1 Å². The van der Waals surface area contributed by atoms with Crippen molar-refractivity contribution >= 4 is 5.91 Å². The Hall–Kier alpha value is -2.96. The van der Waals surface area contributed by atoms with Gasteiger partial charge < -0.3 is 10.3 Å². The van der Waals surface area contributed by atoms with E-state index < -0.39 is 0 Å². The summed E-state index contributed by atoms with van der Waals surface area (Å²) < 4.78 is 13.0. The van der Waals surface area contributed by atoms with E-state index >= 15 is 0 Å². The van der Waals surface area contributed by atoms with Crippen molar-refractivity contribution in [3.8, 4) is 11.3 Å². The second-order valence-electron chi connectivity index (χ2n) is 6.20. The van der Waals surface area contributed by atoms with Crippen molar-refractivity contribution in [1.29, 1.82) is 0 Å². The number of amides is 1. The Balaban J connectivity index is 1.69. The molecular formula is C18H20FN5O. The zero-order valence-electron chi connectivity index (χ0n) is 14.4. The Morgan fingerprint density at radius 1 is 1.28 bits per heavy atom. The highest BCUT2D eigenvalue weighted by molar-refractivity contribution is 5.96. The van der Waals surface area contributed by atoms with Gasteiger partial charge in [-0.05, 0) is 42.7 Å². The molecule has 7 heteroatoms. The first-order chi connectivity index (χ1) is 12.0. The standard InChI is InChI=1S/C18H20FN5O/c1-10(2)17-16(11(3)23-24-17)18(25)21-9-15-20-8-14(22-15)12-4-6-13(19)7-5-12/h4-8,10H,9H2,1-3H3,(H,20,22)(H,21,25)(H,23,24). The van der Waals surface area contributed by atoms with E-state index in [-0.39, 0.29) is 24.2 Å². The zero-order chi connectivity index (χ0) is 18.0. The van der Waals surface area contributed by atoms with Gasteiger partial charge in [-0.2, -0.15) is 5.10 Å². The maximum atomic E-state index is 13.0. The maximum Gasteiger partial charge on any atom is 0.255 e. The molecule has 0 fully saturated rings. The fourth-order valence-electron chi connectivity index (χ4n) is 2.63. The molecule has 0 saturated carbocycles. The molecule has 0 bridgehead atoms. The van der Waals surface area contributed by atoms with Gasteiger partial charge in [-0.25, -0.2) is 9.37 Å². The molecule has 2 heterocycles. The van der Waals surface area contributed by atoms with Gasteiger partial charge in [-0.3, -0.25) is 9.89 Å². The van der Waals surface area contributed by atoms with Crippen LogP contribution in [0, 0.1) is 12.7 Å². The topological polar surface area (TPSA) is 86.5 Å². The van der Waals surface area contributed by atoms with Gasteiger partial charge in [0.15, 0.2) is 0 Å². The number of hydrogen-bond donors (Lipinski definition) is 3. The molecule has 2 aromatic heterocycles. The molecule has 1 amide bonds. The van der Waals surface area contributed by atoms with Gasteiger partial charge in [0, 0.05) is 5.69 Å². The van der Waals surface area contributed by atoms with E-state index in [1.54, 1.807) is 18.3 Å². The first-order valence-corrected chi connectivity index (χ1v) is 8.08. The number of nitrogens with one attached hydrogen (secondary N) is 3. The summed E-state index contributed by atoms with van der Waals surface area (Å²) in [5.41, 5.74) is 3.68. The second-order valence-corrected chi connectivity index (χ2v) is 6.20. The van der Waals surface area contributed by atoms with E-state index in [2.05, 4.69) is 25.5 Å². The molecule has 0 spiro atoms. The zero-order valence-corrected chi connectivity index (χ0v) is 14.4. The van der Waals surface area contributed by atoms with Crippen molar-refractivity contribution in [2.45, 2.75) is 33.2 Å². The van der Waals surface area contributed by atoms with Crippen LogP contribution in [0.2, 0.25) is 0 Å². The molecule has 0 aliphatic carbocycles. The average molecular weight is 341 g/mol. The monoisotopic (exact) mass is 341 g/mol. The molecular weight excluding hydrogens is 321 g/mol. The number of nitrogens with zero attached hydrogens (tertiary/aromatic N) is 2. The molecule has 0 saturated heterocycles. The lowest BCUT2D eigenvalue weighted by molar-refractivity contribution is 0.0948. The summed E-state index contributed by atoms with van der Waals surface area (Å²) >= 11 is 0. The van der Waals surface area contributed by atoms with Crippen molar-refractivity contribution in [2.24, 2.45) is 0 Å². The number of hydrogen-bond acceptors (Lipinski definition) is 3. The summed E-state index contributed by atoms with van der Waals surface area (Å²) in [6.07, 6.45) is 1.66. The number of halogens is 1. The van der Waals surface area contributed by atoms with Crippen LogP contribution in [0.3, 0.4) is 0 Å². The molecule has 3 aromatic rings. The third kappa shape index (κ3) is 3.60. The van der Waals surface area contributed by atoms with Crippen LogP contribution in [0.1, 0.15) is 47.3 Å². The molecule has 0 aliphatic rings. The first kappa shape index (κ1) is 16.9. The highest BCUT2D eigenvalue weighted by Crippen LogP contribution is 2.20. The lowest BCUT2D eigenvalue weighted by Crippen LogP contribution is -2.25. The van der Waals surface area contributed by atoms with Crippen LogP contribution in [0.4, 0.5) is 4.39 Å². The third-order valence-electron chi connectivity index (χ3n) is 3.95. The van der Waals surface area contributed by atoms with Crippen LogP contribution in [0.15, 0.2) is 30.5 Å². The minimum atomic E-state index is -0.285. The maximum absolute atomic E-state index is 13.0. The van der Waals surface area contributed by atoms with Crippen LogP contribution in [-0.2, 0) is 6.54 Å². The Bertz CT molecular complexity index is 879. The SMILES string of the molecule is Cc1[nH]nc(C(C)C)c1C(=O)NCc1ncc(-c2ccc(F)cc2)[nH]1. The summed E-state index contributed by atoms with van der Waals surface area (Å²) in [6.45, 7) is 6.08. The smallest absolute Gasteiger partial charge is 0.255 e. The summed E-state index contributed by atoms with van der Waals surface area (Å²) in [7, 11) is 0. The van der Waals surface area contributed by atoms with E-state index in [1.807, 2.05) is 20.8 Å². The fourth-order valence-corrected chi connectivity index (χ4v) is 2.63. The van der Waals surface area contributed by atoms with E-state index in [1.165, 1.54) is 12.1 Å². The minimum Gasteiger partial charge on any atom is -0.345 e. The molecule has 25 heavy (non-hydrogen) atoms. The number of aromatic amines is 2. The number of carbonyl (C=O) groups is 1. The van der Waals surface area contributed by atoms with Crippen molar-refractivity contribution < 1.29 is 9.18 Å². The third-order valence-corrected chi connectivity index (χ3v) is 3.95. The highest BCUT2D eigenvalue weighted by Gasteiger charge is 2.20.